The molecule has 3 aromatic rings. The monoisotopic (exact) mass is 253 g/mol. The van der Waals surface area contributed by atoms with Crippen molar-refractivity contribution in [1.82, 2.24) is 0 Å². The molecule has 0 aliphatic carbocycles. The highest BCUT2D eigenvalue weighted by molar-refractivity contribution is 7.17. The van der Waals surface area contributed by atoms with Gasteiger partial charge in [-0.1, -0.05) is 48.0 Å². The maximum absolute atomic E-state index is 6.38. The molecule has 0 spiro atoms. The third-order valence-electron chi connectivity index (χ3n) is 3.28. The zero-order valence-electron chi connectivity index (χ0n) is 10.3. The highest BCUT2D eigenvalue weighted by Crippen LogP contribution is 2.32. The molecule has 1 atom stereocenters. The quantitative estimate of drug-likeness (QED) is 0.725. The molecule has 0 aliphatic rings. The Balaban J connectivity index is 2.06. The van der Waals surface area contributed by atoms with Gasteiger partial charge in [-0.2, -0.15) is 0 Å². The van der Waals surface area contributed by atoms with Gasteiger partial charge in [0.25, 0.3) is 0 Å². The molecule has 2 heteroatoms. The third kappa shape index (κ3) is 1.94. The van der Waals surface area contributed by atoms with Gasteiger partial charge in [0.2, 0.25) is 0 Å². The molecule has 0 amide bonds. The fourth-order valence-electron chi connectivity index (χ4n) is 2.19. The average molecular weight is 253 g/mol. The molecule has 2 aromatic carbocycles. The van der Waals surface area contributed by atoms with E-state index in [1.165, 1.54) is 26.8 Å². The van der Waals surface area contributed by atoms with Crippen LogP contribution in [0, 0.1) is 6.92 Å². The Labute approximate surface area is 111 Å². The number of aryl methyl sites for hydroxylation is 1. The smallest absolute Gasteiger partial charge is 0.0566 e. The summed E-state index contributed by atoms with van der Waals surface area (Å²) in [7, 11) is 0. The molecule has 1 aromatic heterocycles. The van der Waals surface area contributed by atoms with Gasteiger partial charge in [0, 0.05) is 4.70 Å². The largest absolute Gasteiger partial charge is 0.320 e. The molecule has 1 unspecified atom stereocenters. The van der Waals surface area contributed by atoms with Gasteiger partial charge < -0.3 is 5.73 Å². The van der Waals surface area contributed by atoms with Crippen LogP contribution in [-0.4, -0.2) is 0 Å². The SMILES string of the molecule is Cc1ccc(C(N)c2csc3ccccc23)cc1. The minimum absolute atomic E-state index is 0.0400. The van der Waals surface area contributed by atoms with Gasteiger partial charge in [-0.25, -0.2) is 0 Å². The van der Waals surface area contributed by atoms with E-state index in [1.54, 1.807) is 11.3 Å². The van der Waals surface area contributed by atoms with E-state index in [2.05, 4.69) is 60.8 Å². The summed E-state index contributed by atoms with van der Waals surface area (Å²) in [4.78, 5) is 0. The van der Waals surface area contributed by atoms with E-state index in [0.29, 0.717) is 0 Å². The normalized spacial score (nSPS) is 12.8. The lowest BCUT2D eigenvalue weighted by atomic mass is 9.98. The molecule has 18 heavy (non-hydrogen) atoms. The van der Waals surface area contributed by atoms with Crippen molar-refractivity contribution in [3.8, 4) is 0 Å². The molecule has 0 fully saturated rings. The van der Waals surface area contributed by atoms with Crippen molar-refractivity contribution in [2.45, 2.75) is 13.0 Å². The molecule has 1 nitrogen and oxygen atoms in total. The van der Waals surface area contributed by atoms with Crippen molar-refractivity contribution in [1.29, 1.82) is 0 Å². The topological polar surface area (TPSA) is 26.0 Å². The fourth-order valence-corrected chi connectivity index (χ4v) is 3.19. The average Bonchev–Trinajstić information content (AvgIpc) is 2.82. The lowest BCUT2D eigenvalue weighted by Gasteiger charge is -2.11. The number of benzene rings is 2. The lowest BCUT2D eigenvalue weighted by molar-refractivity contribution is 0.884. The predicted octanol–water partition coefficient (Wildman–Crippen LogP) is 4.26. The lowest BCUT2D eigenvalue weighted by Crippen LogP contribution is -2.11. The van der Waals surface area contributed by atoms with Gasteiger partial charge in [-0.3, -0.25) is 0 Å². The van der Waals surface area contributed by atoms with Gasteiger partial charge in [0.15, 0.2) is 0 Å². The third-order valence-corrected chi connectivity index (χ3v) is 4.26. The van der Waals surface area contributed by atoms with Crippen LogP contribution < -0.4 is 5.73 Å². The molecule has 1 heterocycles. The number of fused-ring (bicyclic) bond motifs is 1. The molecule has 3 rings (SSSR count). The molecule has 0 saturated heterocycles. The molecule has 0 bridgehead atoms. The summed E-state index contributed by atoms with van der Waals surface area (Å²) in [6, 6.07) is 16.9. The molecule has 0 aliphatic heterocycles. The maximum Gasteiger partial charge on any atom is 0.0566 e. The highest BCUT2D eigenvalue weighted by Gasteiger charge is 2.13. The summed E-state index contributed by atoms with van der Waals surface area (Å²) in [5.74, 6) is 0. The first-order valence-corrected chi connectivity index (χ1v) is 6.92. The van der Waals surface area contributed by atoms with Gasteiger partial charge in [0.1, 0.15) is 0 Å². The fraction of sp³-hybridized carbons (Fsp3) is 0.125. The van der Waals surface area contributed by atoms with Crippen LogP contribution in [0.2, 0.25) is 0 Å². The second-order valence-corrected chi connectivity index (χ2v) is 5.49. The van der Waals surface area contributed by atoms with Crippen LogP contribution in [-0.2, 0) is 0 Å². The van der Waals surface area contributed by atoms with Gasteiger partial charge >= 0.3 is 0 Å². The molecule has 90 valence electrons. The Morgan fingerprint density at radius 2 is 1.72 bits per heavy atom. The van der Waals surface area contributed by atoms with Crippen LogP contribution in [0.5, 0.6) is 0 Å². The minimum Gasteiger partial charge on any atom is -0.320 e. The van der Waals surface area contributed by atoms with Crippen molar-refractivity contribution in [3.05, 3.63) is 70.6 Å². The zero-order chi connectivity index (χ0) is 12.5. The summed E-state index contributed by atoms with van der Waals surface area (Å²) >= 11 is 1.76. The van der Waals surface area contributed by atoms with Crippen LogP contribution in [0.15, 0.2) is 53.9 Å². The predicted molar refractivity (Wildman–Crippen MR) is 79.0 cm³/mol. The summed E-state index contributed by atoms with van der Waals surface area (Å²) in [5.41, 5.74) is 10.0. The Bertz CT molecular complexity index is 667. The summed E-state index contributed by atoms with van der Waals surface area (Å²) in [6.45, 7) is 2.09. The summed E-state index contributed by atoms with van der Waals surface area (Å²) in [5, 5.41) is 3.45. The van der Waals surface area contributed by atoms with Gasteiger partial charge in [0.05, 0.1) is 6.04 Å². The Kier molecular flexibility index (Phi) is 2.90. The highest BCUT2D eigenvalue weighted by atomic mass is 32.1. The minimum atomic E-state index is -0.0400. The van der Waals surface area contributed by atoms with Crippen LogP contribution in [0.4, 0.5) is 0 Å². The van der Waals surface area contributed by atoms with Crippen molar-refractivity contribution in [3.63, 3.8) is 0 Å². The first kappa shape index (κ1) is 11.5. The van der Waals surface area contributed by atoms with E-state index in [4.69, 9.17) is 5.73 Å². The second kappa shape index (κ2) is 4.56. The summed E-state index contributed by atoms with van der Waals surface area (Å²) < 4.78 is 1.30. The first-order chi connectivity index (χ1) is 8.75. The van der Waals surface area contributed by atoms with Crippen LogP contribution >= 0.6 is 11.3 Å². The Morgan fingerprint density at radius 1 is 1.00 bits per heavy atom. The number of rotatable bonds is 2. The summed E-state index contributed by atoms with van der Waals surface area (Å²) in [6.07, 6.45) is 0. The van der Waals surface area contributed by atoms with E-state index >= 15 is 0 Å². The van der Waals surface area contributed by atoms with Crippen molar-refractivity contribution in [2.75, 3.05) is 0 Å². The molecular weight excluding hydrogens is 238 g/mol. The van der Waals surface area contributed by atoms with Crippen LogP contribution in [0.3, 0.4) is 0 Å². The van der Waals surface area contributed by atoms with E-state index in [9.17, 15) is 0 Å². The van der Waals surface area contributed by atoms with E-state index in [-0.39, 0.29) is 6.04 Å². The van der Waals surface area contributed by atoms with E-state index in [0.717, 1.165) is 0 Å². The van der Waals surface area contributed by atoms with Crippen molar-refractivity contribution >= 4 is 21.4 Å². The number of thiophene rings is 1. The van der Waals surface area contributed by atoms with Gasteiger partial charge in [-0.15, -0.1) is 11.3 Å². The molecular formula is C16H15NS. The number of hydrogen-bond acceptors (Lipinski definition) is 2. The van der Waals surface area contributed by atoms with Crippen molar-refractivity contribution in [2.24, 2.45) is 5.73 Å². The molecule has 0 saturated carbocycles. The number of nitrogens with two attached hydrogens (primary N) is 1. The Morgan fingerprint density at radius 3 is 2.50 bits per heavy atom. The second-order valence-electron chi connectivity index (χ2n) is 4.58. The molecule has 2 N–H and O–H groups in total. The maximum atomic E-state index is 6.38. The van der Waals surface area contributed by atoms with E-state index in [1.807, 2.05) is 0 Å². The standard InChI is InChI=1S/C16H15NS/c1-11-6-8-12(9-7-11)16(17)14-10-18-15-5-3-2-4-13(14)15/h2-10,16H,17H2,1H3. The Hall–Kier alpha value is -1.64. The van der Waals surface area contributed by atoms with E-state index < -0.39 is 0 Å². The van der Waals surface area contributed by atoms with Crippen LogP contribution in [0.25, 0.3) is 10.1 Å². The molecule has 0 radical (unpaired) electrons. The van der Waals surface area contributed by atoms with Crippen molar-refractivity contribution < 1.29 is 0 Å². The van der Waals surface area contributed by atoms with Gasteiger partial charge in [-0.05, 0) is 34.9 Å². The zero-order valence-corrected chi connectivity index (χ0v) is 11.1. The first-order valence-electron chi connectivity index (χ1n) is 6.04. The number of hydrogen-bond donors (Lipinski definition) is 1. The van der Waals surface area contributed by atoms with Crippen LogP contribution in [0.1, 0.15) is 22.7 Å².